The van der Waals surface area contributed by atoms with Crippen molar-refractivity contribution >= 4 is 5.97 Å². The van der Waals surface area contributed by atoms with Crippen molar-refractivity contribution in [1.29, 1.82) is 0 Å². The van der Waals surface area contributed by atoms with E-state index in [0.717, 1.165) is 36.3 Å². The number of hydrogen-bond acceptors (Lipinski definition) is 4. The van der Waals surface area contributed by atoms with Crippen molar-refractivity contribution in [2.24, 2.45) is 5.92 Å². The molecule has 5 nitrogen and oxygen atoms in total. The van der Waals surface area contributed by atoms with E-state index >= 15 is 0 Å². The normalized spacial score (nSPS) is 23.6. The van der Waals surface area contributed by atoms with Crippen molar-refractivity contribution < 1.29 is 28.5 Å². The minimum Gasteiger partial charge on any atom is -0.494 e. The van der Waals surface area contributed by atoms with Gasteiger partial charge in [0.25, 0.3) is 0 Å². The molecule has 2 aromatic carbocycles. The highest BCUT2D eigenvalue weighted by molar-refractivity contribution is 5.70. The number of benzene rings is 2. The van der Waals surface area contributed by atoms with Crippen LogP contribution in [0, 0.1) is 11.7 Å². The lowest BCUT2D eigenvalue weighted by atomic mass is 9.87. The van der Waals surface area contributed by atoms with E-state index in [1.807, 2.05) is 18.2 Å². The lowest BCUT2D eigenvalue weighted by Crippen LogP contribution is -2.27. The molecule has 0 bridgehead atoms. The van der Waals surface area contributed by atoms with Crippen LogP contribution in [-0.2, 0) is 11.2 Å². The number of fused-ring (bicyclic) bond motifs is 1. The summed E-state index contributed by atoms with van der Waals surface area (Å²) in [5.41, 5.74) is 1.55. The van der Waals surface area contributed by atoms with Gasteiger partial charge in [0.1, 0.15) is 17.6 Å². The quantitative estimate of drug-likeness (QED) is 0.772. The number of ether oxygens (including phenoxy) is 3. The van der Waals surface area contributed by atoms with E-state index in [1.165, 1.54) is 7.11 Å². The number of aryl methyl sites for hydroxylation is 1. The molecule has 0 radical (unpaired) electrons. The van der Waals surface area contributed by atoms with E-state index < -0.39 is 5.97 Å². The molecular weight excluding hydrogens is 375 g/mol. The largest absolute Gasteiger partial charge is 0.494 e. The van der Waals surface area contributed by atoms with E-state index in [-0.39, 0.29) is 29.7 Å². The lowest BCUT2D eigenvalue weighted by Gasteiger charge is -2.29. The first-order valence-corrected chi connectivity index (χ1v) is 10.1. The summed E-state index contributed by atoms with van der Waals surface area (Å²) in [4.78, 5) is 11.1. The predicted molar refractivity (Wildman–Crippen MR) is 105 cm³/mol. The molecule has 0 amide bonds. The summed E-state index contributed by atoms with van der Waals surface area (Å²) in [6, 6.07) is 10.8. The van der Waals surface area contributed by atoms with Crippen molar-refractivity contribution in [3.63, 3.8) is 0 Å². The molecule has 6 heteroatoms. The molecule has 1 aliphatic heterocycles. The molecular formula is C23H25FO5. The van der Waals surface area contributed by atoms with E-state index in [9.17, 15) is 9.18 Å². The highest BCUT2D eigenvalue weighted by Crippen LogP contribution is 2.39. The molecule has 4 rings (SSSR count). The van der Waals surface area contributed by atoms with Gasteiger partial charge in [0, 0.05) is 5.56 Å². The van der Waals surface area contributed by atoms with Crippen LogP contribution in [0.3, 0.4) is 0 Å². The third-order valence-electron chi connectivity index (χ3n) is 5.86. The van der Waals surface area contributed by atoms with Gasteiger partial charge < -0.3 is 19.3 Å². The van der Waals surface area contributed by atoms with Crippen LogP contribution in [0.1, 0.15) is 49.3 Å². The van der Waals surface area contributed by atoms with Crippen LogP contribution in [0.5, 0.6) is 17.2 Å². The Kier molecular flexibility index (Phi) is 5.60. The van der Waals surface area contributed by atoms with Gasteiger partial charge in [-0.2, -0.15) is 0 Å². The Balaban J connectivity index is 1.42. The Labute approximate surface area is 169 Å². The van der Waals surface area contributed by atoms with Crippen LogP contribution in [-0.4, -0.2) is 24.3 Å². The Morgan fingerprint density at radius 1 is 1.14 bits per heavy atom. The van der Waals surface area contributed by atoms with Crippen LogP contribution >= 0.6 is 0 Å². The fourth-order valence-electron chi connectivity index (χ4n) is 4.21. The Morgan fingerprint density at radius 3 is 2.66 bits per heavy atom. The van der Waals surface area contributed by atoms with Gasteiger partial charge in [0.2, 0.25) is 0 Å². The zero-order valence-electron chi connectivity index (χ0n) is 16.4. The van der Waals surface area contributed by atoms with E-state index in [2.05, 4.69) is 0 Å². The van der Waals surface area contributed by atoms with Crippen molar-refractivity contribution in [1.82, 2.24) is 0 Å². The standard InChI is InChI=1S/C23H25FO5/c1-27-21-4-2-3-18(22(21)24)20-11-7-15-13-17(10-12-19(15)29-20)28-16-8-5-14(6-9-16)23(25)26/h2-4,10,12-14,16,20H,5-9,11H2,1H3,(H,25,26). The highest BCUT2D eigenvalue weighted by atomic mass is 19.1. The molecule has 1 aliphatic carbocycles. The third kappa shape index (κ3) is 4.16. The number of hydrogen-bond donors (Lipinski definition) is 1. The summed E-state index contributed by atoms with van der Waals surface area (Å²) < 4.78 is 31.8. The van der Waals surface area contributed by atoms with E-state index in [1.54, 1.807) is 18.2 Å². The first-order valence-electron chi connectivity index (χ1n) is 10.1. The minimum atomic E-state index is -0.712. The molecule has 1 fully saturated rings. The molecule has 154 valence electrons. The van der Waals surface area contributed by atoms with Gasteiger partial charge >= 0.3 is 5.97 Å². The maximum Gasteiger partial charge on any atom is 0.306 e. The van der Waals surface area contributed by atoms with Crippen LogP contribution in [0.15, 0.2) is 36.4 Å². The molecule has 0 aromatic heterocycles. The summed E-state index contributed by atoms with van der Waals surface area (Å²) in [6.45, 7) is 0. The summed E-state index contributed by atoms with van der Waals surface area (Å²) >= 11 is 0. The zero-order valence-corrected chi connectivity index (χ0v) is 16.4. The Morgan fingerprint density at radius 2 is 1.93 bits per heavy atom. The number of rotatable bonds is 5. The number of carboxylic acid groups (broad SMARTS) is 1. The van der Waals surface area contributed by atoms with Crippen molar-refractivity contribution in [2.75, 3.05) is 7.11 Å². The minimum absolute atomic E-state index is 0.0480. The van der Waals surface area contributed by atoms with Gasteiger partial charge in [0.05, 0.1) is 19.1 Å². The van der Waals surface area contributed by atoms with E-state index in [4.69, 9.17) is 19.3 Å². The van der Waals surface area contributed by atoms with Crippen molar-refractivity contribution in [3.8, 4) is 17.2 Å². The second-order valence-corrected chi connectivity index (χ2v) is 7.71. The molecule has 1 N–H and O–H groups in total. The maximum absolute atomic E-state index is 14.6. The van der Waals surface area contributed by atoms with Gasteiger partial charge in [-0.1, -0.05) is 12.1 Å². The monoisotopic (exact) mass is 400 g/mol. The smallest absolute Gasteiger partial charge is 0.306 e. The molecule has 1 atom stereocenters. The summed E-state index contributed by atoms with van der Waals surface area (Å²) in [5.74, 6) is 0.401. The Hall–Kier alpha value is -2.76. The van der Waals surface area contributed by atoms with E-state index in [0.29, 0.717) is 24.8 Å². The van der Waals surface area contributed by atoms with Gasteiger partial charge in [0.15, 0.2) is 11.6 Å². The van der Waals surface area contributed by atoms with Crippen LogP contribution < -0.4 is 14.2 Å². The maximum atomic E-state index is 14.6. The second-order valence-electron chi connectivity index (χ2n) is 7.71. The van der Waals surface area contributed by atoms with Gasteiger partial charge in [-0.3, -0.25) is 4.79 Å². The number of carboxylic acids is 1. The number of carbonyl (C=O) groups is 1. The lowest BCUT2D eigenvalue weighted by molar-refractivity contribution is -0.143. The molecule has 1 saturated carbocycles. The number of halogens is 1. The molecule has 1 heterocycles. The number of aliphatic carboxylic acids is 1. The van der Waals surface area contributed by atoms with Gasteiger partial charge in [-0.15, -0.1) is 0 Å². The summed E-state index contributed by atoms with van der Waals surface area (Å²) in [5, 5.41) is 9.11. The molecule has 0 saturated heterocycles. The van der Waals surface area contributed by atoms with Gasteiger partial charge in [-0.25, -0.2) is 4.39 Å². The van der Waals surface area contributed by atoms with Gasteiger partial charge in [-0.05, 0) is 68.4 Å². The highest BCUT2D eigenvalue weighted by Gasteiger charge is 2.28. The molecule has 1 unspecified atom stereocenters. The van der Waals surface area contributed by atoms with Crippen LogP contribution in [0.2, 0.25) is 0 Å². The topological polar surface area (TPSA) is 65.0 Å². The first-order chi connectivity index (χ1) is 14.0. The summed E-state index contributed by atoms with van der Waals surface area (Å²) in [6.07, 6.45) is 3.94. The average Bonchev–Trinajstić information content (AvgIpc) is 2.74. The third-order valence-corrected chi connectivity index (χ3v) is 5.86. The first kappa shape index (κ1) is 19.6. The fourth-order valence-corrected chi connectivity index (χ4v) is 4.21. The second kappa shape index (κ2) is 8.31. The molecule has 29 heavy (non-hydrogen) atoms. The fraction of sp³-hybridized carbons (Fsp3) is 0.435. The molecule has 0 spiro atoms. The van der Waals surface area contributed by atoms with Crippen molar-refractivity contribution in [3.05, 3.63) is 53.3 Å². The molecule has 2 aliphatic rings. The average molecular weight is 400 g/mol. The predicted octanol–water partition coefficient (Wildman–Crippen LogP) is 4.92. The van der Waals surface area contributed by atoms with Crippen LogP contribution in [0.4, 0.5) is 4.39 Å². The van der Waals surface area contributed by atoms with Crippen molar-refractivity contribution in [2.45, 2.75) is 50.7 Å². The Bertz CT molecular complexity index is 889. The molecule has 2 aromatic rings. The SMILES string of the molecule is COc1cccc(C2CCc3cc(OC4CCC(C(=O)O)CC4)ccc3O2)c1F. The van der Waals surface area contributed by atoms with Crippen LogP contribution in [0.25, 0.3) is 0 Å². The summed E-state index contributed by atoms with van der Waals surface area (Å²) in [7, 11) is 1.45. The zero-order chi connectivity index (χ0) is 20.4. The number of methoxy groups -OCH3 is 1.